The van der Waals surface area contributed by atoms with Gasteiger partial charge in [-0.25, -0.2) is 4.39 Å². The predicted molar refractivity (Wildman–Crippen MR) is 83.0 cm³/mol. The van der Waals surface area contributed by atoms with Crippen LogP contribution in [0.4, 0.5) is 4.39 Å². The Bertz CT molecular complexity index is 601. The topological polar surface area (TPSA) is 63.3 Å². The predicted octanol–water partition coefficient (Wildman–Crippen LogP) is 3.12. The zero-order valence-electron chi connectivity index (χ0n) is 11.3. The van der Waals surface area contributed by atoms with Crippen LogP contribution in [-0.4, -0.2) is 17.6 Å². The maximum atomic E-state index is 13.0. The van der Waals surface area contributed by atoms with Crippen molar-refractivity contribution in [1.29, 1.82) is 0 Å². The van der Waals surface area contributed by atoms with Crippen LogP contribution in [0, 0.1) is 11.7 Å². The Hall–Kier alpha value is -1.91. The second-order valence-electron chi connectivity index (χ2n) is 4.64. The van der Waals surface area contributed by atoms with E-state index in [-0.39, 0.29) is 24.8 Å². The van der Waals surface area contributed by atoms with Crippen molar-refractivity contribution in [3.05, 3.63) is 59.9 Å². The second-order valence-corrected chi connectivity index (χ2v) is 4.64. The minimum atomic E-state index is -0.901. The van der Waals surface area contributed by atoms with Crippen molar-refractivity contribution < 1.29 is 14.3 Å². The van der Waals surface area contributed by atoms with Crippen LogP contribution in [0.5, 0.6) is 0 Å². The average Bonchev–Trinajstić information content (AvgIpc) is 2.46. The van der Waals surface area contributed by atoms with Crippen molar-refractivity contribution in [1.82, 2.24) is 0 Å². The van der Waals surface area contributed by atoms with Crippen LogP contribution in [0.3, 0.4) is 0 Å². The van der Waals surface area contributed by atoms with Gasteiger partial charge in [-0.15, -0.1) is 12.4 Å². The quantitative estimate of drug-likeness (QED) is 0.892. The minimum absolute atomic E-state index is 0. The first kappa shape index (κ1) is 17.1. The summed E-state index contributed by atoms with van der Waals surface area (Å²) in [7, 11) is 0. The largest absolute Gasteiger partial charge is 0.481 e. The molecule has 0 aliphatic carbocycles. The van der Waals surface area contributed by atoms with Crippen LogP contribution in [0.1, 0.15) is 5.56 Å². The SMILES string of the molecule is Cl.NC[C@H](Cc1ccccc1-c1ccc(F)cc1)C(=O)O. The molecule has 0 fully saturated rings. The van der Waals surface area contributed by atoms with Crippen LogP contribution in [-0.2, 0) is 11.2 Å². The molecule has 2 rings (SSSR count). The lowest BCUT2D eigenvalue weighted by atomic mass is 9.92. The van der Waals surface area contributed by atoms with E-state index in [4.69, 9.17) is 10.8 Å². The number of carbonyl (C=O) groups is 1. The fourth-order valence-electron chi connectivity index (χ4n) is 2.15. The van der Waals surface area contributed by atoms with E-state index < -0.39 is 11.9 Å². The number of rotatable bonds is 5. The highest BCUT2D eigenvalue weighted by atomic mass is 35.5. The Morgan fingerprint density at radius 1 is 1.14 bits per heavy atom. The molecule has 0 radical (unpaired) electrons. The van der Waals surface area contributed by atoms with Gasteiger partial charge in [-0.05, 0) is 35.2 Å². The number of aliphatic carboxylic acids is 1. The first-order valence-corrected chi connectivity index (χ1v) is 6.38. The first-order chi connectivity index (χ1) is 9.61. The van der Waals surface area contributed by atoms with E-state index in [1.165, 1.54) is 12.1 Å². The molecule has 2 aromatic carbocycles. The van der Waals surface area contributed by atoms with E-state index >= 15 is 0 Å². The molecule has 21 heavy (non-hydrogen) atoms. The van der Waals surface area contributed by atoms with Gasteiger partial charge in [-0.1, -0.05) is 36.4 Å². The van der Waals surface area contributed by atoms with Crippen LogP contribution >= 0.6 is 12.4 Å². The van der Waals surface area contributed by atoms with Gasteiger partial charge in [0.25, 0.3) is 0 Å². The highest BCUT2D eigenvalue weighted by Crippen LogP contribution is 2.25. The lowest BCUT2D eigenvalue weighted by molar-refractivity contribution is -0.141. The van der Waals surface area contributed by atoms with Gasteiger partial charge in [0.2, 0.25) is 0 Å². The molecular weight excluding hydrogens is 293 g/mol. The third-order valence-electron chi connectivity index (χ3n) is 3.27. The minimum Gasteiger partial charge on any atom is -0.481 e. The van der Waals surface area contributed by atoms with Crippen molar-refractivity contribution in [2.45, 2.75) is 6.42 Å². The second kappa shape index (κ2) is 7.76. The highest BCUT2D eigenvalue weighted by Gasteiger charge is 2.17. The Labute approximate surface area is 129 Å². The van der Waals surface area contributed by atoms with Crippen LogP contribution in [0.2, 0.25) is 0 Å². The van der Waals surface area contributed by atoms with Gasteiger partial charge < -0.3 is 10.8 Å². The van der Waals surface area contributed by atoms with Gasteiger partial charge in [0, 0.05) is 6.54 Å². The van der Waals surface area contributed by atoms with Crippen molar-refractivity contribution >= 4 is 18.4 Å². The molecule has 0 unspecified atom stereocenters. The molecule has 0 heterocycles. The third-order valence-corrected chi connectivity index (χ3v) is 3.27. The third kappa shape index (κ3) is 4.28. The van der Waals surface area contributed by atoms with E-state index in [1.54, 1.807) is 12.1 Å². The number of benzene rings is 2. The fraction of sp³-hybridized carbons (Fsp3) is 0.188. The molecule has 2 aromatic rings. The molecule has 3 nitrogen and oxygen atoms in total. The standard InChI is InChI=1S/C16H16FNO2.ClH/c17-14-7-5-11(6-8-14)15-4-2-1-3-12(15)9-13(10-18)16(19)20;/h1-8,13H,9-10,18H2,(H,19,20);1H/t13-;/m0./s1. The molecule has 3 N–H and O–H groups in total. The molecule has 0 aromatic heterocycles. The van der Waals surface area contributed by atoms with E-state index in [1.807, 2.05) is 24.3 Å². The summed E-state index contributed by atoms with van der Waals surface area (Å²) in [5, 5.41) is 9.10. The van der Waals surface area contributed by atoms with Gasteiger partial charge in [0.05, 0.1) is 5.92 Å². The van der Waals surface area contributed by atoms with Gasteiger partial charge in [0.15, 0.2) is 0 Å². The Morgan fingerprint density at radius 3 is 2.33 bits per heavy atom. The molecule has 0 amide bonds. The molecule has 0 bridgehead atoms. The lowest BCUT2D eigenvalue weighted by Gasteiger charge is -2.14. The summed E-state index contributed by atoms with van der Waals surface area (Å²) in [5.41, 5.74) is 8.17. The summed E-state index contributed by atoms with van der Waals surface area (Å²) in [4.78, 5) is 11.1. The maximum Gasteiger partial charge on any atom is 0.308 e. The number of carboxylic acids is 1. The van der Waals surface area contributed by atoms with E-state index in [0.29, 0.717) is 6.42 Å². The van der Waals surface area contributed by atoms with E-state index in [9.17, 15) is 9.18 Å². The summed E-state index contributed by atoms with van der Waals surface area (Å²) in [6.07, 6.45) is 0.360. The monoisotopic (exact) mass is 309 g/mol. The lowest BCUT2D eigenvalue weighted by Crippen LogP contribution is -2.25. The zero-order chi connectivity index (χ0) is 14.5. The summed E-state index contributed by atoms with van der Waals surface area (Å²) in [6, 6.07) is 13.7. The number of carboxylic acid groups (broad SMARTS) is 1. The molecular formula is C16H17ClFNO2. The van der Waals surface area contributed by atoms with Gasteiger partial charge in [-0.2, -0.15) is 0 Å². The molecule has 0 aliphatic rings. The van der Waals surface area contributed by atoms with Crippen LogP contribution in [0.25, 0.3) is 11.1 Å². The number of nitrogens with two attached hydrogens (primary N) is 1. The van der Waals surface area contributed by atoms with E-state index in [0.717, 1.165) is 16.7 Å². The summed E-state index contributed by atoms with van der Waals surface area (Å²) in [5.74, 6) is -1.81. The van der Waals surface area contributed by atoms with Gasteiger partial charge in [-0.3, -0.25) is 4.79 Å². The van der Waals surface area contributed by atoms with Crippen molar-refractivity contribution in [2.24, 2.45) is 11.7 Å². The fourth-order valence-corrected chi connectivity index (χ4v) is 2.15. The van der Waals surface area contributed by atoms with Crippen LogP contribution < -0.4 is 5.73 Å². The average molecular weight is 310 g/mol. The van der Waals surface area contributed by atoms with Crippen molar-refractivity contribution in [2.75, 3.05) is 6.54 Å². The van der Waals surface area contributed by atoms with Crippen molar-refractivity contribution in [3.8, 4) is 11.1 Å². The molecule has 0 spiro atoms. The van der Waals surface area contributed by atoms with Crippen molar-refractivity contribution in [3.63, 3.8) is 0 Å². The summed E-state index contributed by atoms with van der Waals surface area (Å²) in [6.45, 7) is 0.0904. The first-order valence-electron chi connectivity index (χ1n) is 6.38. The Morgan fingerprint density at radius 2 is 1.76 bits per heavy atom. The molecule has 112 valence electrons. The molecule has 0 saturated heterocycles. The van der Waals surface area contributed by atoms with Crippen LogP contribution in [0.15, 0.2) is 48.5 Å². The van der Waals surface area contributed by atoms with Gasteiger partial charge in [0.1, 0.15) is 5.82 Å². The molecule has 5 heteroatoms. The summed E-state index contributed by atoms with van der Waals surface area (Å²) < 4.78 is 13.0. The molecule has 0 saturated carbocycles. The Balaban J connectivity index is 0.00000220. The number of hydrogen-bond donors (Lipinski definition) is 2. The zero-order valence-corrected chi connectivity index (χ0v) is 12.1. The smallest absolute Gasteiger partial charge is 0.308 e. The van der Waals surface area contributed by atoms with E-state index in [2.05, 4.69) is 0 Å². The Kier molecular flexibility index (Phi) is 6.34. The summed E-state index contributed by atoms with van der Waals surface area (Å²) >= 11 is 0. The maximum absolute atomic E-state index is 13.0. The normalized spacial score (nSPS) is 11.5. The molecule has 0 aliphatic heterocycles. The molecule has 1 atom stereocenters. The highest BCUT2D eigenvalue weighted by molar-refractivity contribution is 5.85. The number of halogens is 2. The number of hydrogen-bond acceptors (Lipinski definition) is 2. The van der Waals surface area contributed by atoms with Gasteiger partial charge >= 0.3 is 5.97 Å².